The number of carbonyl (C=O) groups excluding carboxylic acids is 2. The van der Waals surface area contributed by atoms with Crippen LogP contribution in [0.5, 0.6) is 0 Å². The molecule has 0 aromatic rings. The summed E-state index contributed by atoms with van der Waals surface area (Å²) < 4.78 is 11.6. The molecule has 0 spiro atoms. The Morgan fingerprint density at radius 3 is 2.77 bits per heavy atom. The number of fused-ring (bicyclic) bond motifs is 2. The van der Waals surface area contributed by atoms with Crippen LogP contribution in [0, 0.1) is 11.8 Å². The Balaban J connectivity index is 0.985. The van der Waals surface area contributed by atoms with E-state index in [0.717, 1.165) is 37.5 Å². The molecule has 6 heterocycles. The summed E-state index contributed by atoms with van der Waals surface area (Å²) in [6, 6.07) is 0.467. The zero-order valence-electron chi connectivity index (χ0n) is 22.7. The standard InChI is InChI=1S/C26H42N8O4S2/c27-14-3-1-2-4-15(14)30-26-31-16-10-28-24(36)20(16)23(33-26)32-18-11-29-25(39-18)13-12-38-21-17(35)9-19(40-22(13)21)34-5-7-37-8-6-34/h9,13-16,18,20-23,25-26,29-33H,1-8,10-12,27H2,(H,28,36)/t13?,14-,15+,16?,18?,20?,21?,22?,23?,25?,26?/m1/s1. The Morgan fingerprint density at radius 1 is 1.07 bits per heavy atom. The first kappa shape index (κ1) is 27.9. The van der Waals surface area contributed by atoms with Gasteiger partial charge >= 0.3 is 0 Å². The molecule has 1 amide bonds. The number of amides is 1. The smallest absolute Gasteiger partial charge is 0.227 e. The van der Waals surface area contributed by atoms with E-state index in [0.29, 0.717) is 26.4 Å². The second-order valence-electron chi connectivity index (χ2n) is 11.9. The summed E-state index contributed by atoms with van der Waals surface area (Å²) in [5.41, 5.74) is 6.42. The lowest BCUT2D eigenvalue weighted by Crippen LogP contribution is -2.74. The predicted octanol–water partition coefficient (Wildman–Crippen LogP) is -1.79. The number of carbonyl (C=O) groups is 2. The third-order valence-electron chi connectivity index (χ3n) is 9.40. The monoisotopic (exact) mass is 594 g/mol. The van der Waals surface area contributed by atoms with E-state index < -0.39 is 0 Å². The van der Waals surface area contributed by atoms with Crippen molar-refractivity contribution in [2.75, 3.05) is 46.0 Å². The average molecular weight is 595 g/mol. The number of nitrogens with one attached hydrogen (secondary N) is 6. The van der Waals surface area contributed by atoms with Crippen LogP contribution in [-0.2, 0) is 19.1 Å². The molecule has 0 aromatic heterocycles. The van der Waals surface area contributed by atoms with E-state index in [9.17, 15) is 9.59 Å². The molecule has 1 aliphatic carbocycles. The zero-order valence-corrected chi connectivity index (χ0v) is 24.3. The molecule has 0 bridgehead atoms. The van der Waals surface area contributed by atoms with Crippen molar-refractivity contribution in [2.24, 2.45) is 17.6 Å². The molecule has 8 N–H and O–H groups in total. The van der Waals surface area contributed by atoms with Gasteiger partial charge in [0.2, 0.25) is 5.91 Å². The van der Waals surface area contributed by atoms with Crippen molar-refractivity contribution in [1.82, 2.24) is 36.8 Å². The number of hydrogen-bond acceptors (Lipinski definition) is 13. The lowest BCUT2D eigenvalue weighted by atomic mass is 9.90. The van der Waals surface area contributed by atoms with Gasteiger partial charge in [-0.15, -0.1) is 23.5 Å². The van der Waals surface area contributed by atoms with Gasteiger partial charge in [0.1, 0.15) is 12.4 Å². The fraction of sp³-hybridized carbons (Fsp3) is 0.846. The predicted molar refractivity (Wildman–Crippen MR) is 154 cm³/mol. The zero-order chi connectivity index (χ0) is 27.2. The molecule has 6 aliphatic heterocycles. The Bertz CT molecular complexity index is 1000. The summed E-state index contributed by atoms with van der Waals surface area (Å²) in [5.74, 6) is 0.184. The topological polar surface area (TPSA) is 154 Å². The third-order valence-corrected chi connectivity index (χ3v) is 12.3. The van der Waals surface area contributed by atoms with Gasteiger partial charge in [-0.05, 0) is 12.8 Å². The number of rotatable bonds is 6. The van der Waals surface area contributed by atoms with Crippen molar-refractivity contribution in [3.8, 4) is 0 Å². The van der Waals surface area contributed by atoms with Gasteiger partial charge in [0.15, 0.2) is 5.78 Å². The van der Waals surface area contributed by atoms with Crippen molar-refractivity contribution in [1.29, 1.82) is 0 Å². The van der Waals surface area contributed by atoms with Gasteiger partial charge in [-0.25, -0.2) is 0 Å². The highest BCUT2D eigenvalue weighted by Crippen LogP contribution is 2.45. The number of morpholine rings is 1. The van der Waals surface area contributed by atoms with Crippen LogP contribution in [0.1, 0.15) is 25.7 Å². The largest absolute Gasteiger partial charge is 0.378 e. The van der Waals surface area contributed by atoms with E-state index in [2.05, 4.69) is 36.8 Å². The van der Waals surface area contributed by atoms with Crippen molar-refractivity contribution in [3.05, 3.63) is 11.1 Å². The number of thioether (sulfide) groups is 2. The van der Waals surface area contributed by atoms with Gasteiger partial charge in [0, 0.05) is 56.3 Å². The highest BCUT2D eigenvalue weighted by molar-refractivity contribution is 8.04. The van der Waals surface area contributed by atoms with E-state index >= 15 is 0 Å². The first-order chi connectivity index (χ1) is 19.5. The fourth-order valence-electron chi connectivity index (χ4n) is 7.21. The maximum Gasteiger partial charge on any atom is 0.227 e. The lowest BCUT2D eigenvalue weighted by molar-refractivity contribution is -0.125. The van der Waals surface area contributed by atoms with E-state index in [1.165, 1.54) is 12.8 Å². The molecule has 5 saturated heterocycles. The number of nitrogens with zero attached hydrogens (tertiary/aromatic N) is 1. The molecule has 0 aromatic carbocycles. The molecule has 0 radical (unpaired) electrons. The van der Waals surface area contributed by atoms with Crippen molar-refractivity contribution >= 4 is 35.2 Å². The maximum absolute atomic E-state index is 13.0. The Labute approximate surface area is 243 Å². The van der Waals surface area contributed by atoms with Gasteiger partial charge < -0.3 is 30.7 Å². The molecular weight excluding hydrogens is 552 g/mol. The average Bonchev–Trinajstić information content (AvgIpc) is 3.69. The van der Waals surface area contributed by atoms with Gasteiger partial charge in [0.05, 0.1) is 52.9 Å². The summed E-state index contributed by atoms with van der Waals surface area (Å²) >= 11 is 3.65. The lowest BCUT2D eigenvalue weighted by Gasteiger charge is -2.43. The molecule has 14 heteroatoms. The van der Waals surface area contributed by atoms with Gasteiger partial charge in [-0.3, -0.25) is 30.9 Å². The van der Waals surface area contributed by atoms with E-state index in [1.54, 1.807) is 17.8 Å². The van der Waals surface area contributed by atoms with E-state index in [1.807, 2.05) is 11.8 Å². The number of hydrogen-bond donors (Lipinski definition) is 7. The van der Waals surface area contributed by atoms with Gasteiger partial charge in [-0.2, -0.15) is 0 Å². The molecule has 7 rings (SSSR count). The second kappa shape index (κ2) is 12.0. The highest BCUT2D eigenvalue weighted by Gasteiger charge is 2.51. The normalized spacial score (nSPS) is 45.7. The van der Waals surface area contributed by atoms with Gasteiger partial charge in [-0.1, -0.05) is 12.8 Å². The van der Waals surface area contributed by atoms with Crippen LogP contribution in [0.15, 0.2) is 11.1 Å². The van der Waals surface area contributed by atoms with Crippen LogP contribution in [0.2, 0.25) is 0 Å². The Kier molecular flexibility index (Phi) is 8.35. The van der Waals surface area contributed by atoms with E-state index in [-0.39, 0.29) is 76.2 Å². The molecule has 40 heavy (non-hydrogen) atoms. The Hall–Kier alpha value is -0.940. The molecule has 7 aliphatic rings. The minimum atomic E-state index is -0.374. The molecule has 1 saturated carbocycles. The van der Waals surface area contributed by atoms with Crippen LogP contribution in [-0.4, -0.2) is 115 Å². The van der Waals surface area contributed by atoms with Crippen molar-refractivity contribution in [2.45, 2.75) is 78.4 Å². The molecular formula is C26H42N8O4S2. The number of nitrogens with two attached hydrogens (primary N) is 1. The summed E-state index contributed by atoms with van der Waals surface area (Å²) in [6.45, 7) is 5.01. The summed E-state index contributed by atoms with van der Waals surface area (Å²) in [7, 11) is 0. The summed E-state index contributed by atoms with van der Waals surface area (Å²) in [4.78, 5) is 28.0. The maximum atomic E-state index is 13.0. The summed E-state index contributed by atoms with van der Waals surface area (Å²) in [6.07, 6.45) is 5.62. The van der Waals surface area contributed by atoms with Crippen LogP contribution in [0.25, 0.3) is 0 Å². The molecule has 9 unspecified atom stereocenters. The first-order valence-electron chi connectivity index (χ1n) is 14.9. The third kappa shape index (κ3) is 5.56. The molecule has 11 atom stereocenters. The first-order valence-corrected chi connectivity index (χ1v) is 16.7. The van der Waals surface area contributed by atoms with Crippen LogP contribution >= 0.6 is 23.5 Å². The highest BCUT2D eigenvalue weighted by atomic mass is 32.2. The molecule has 12 nitrogen and oxygen atoms in total. The SMILES string of the molecule is N[C@@H]1CCCC[C@@H]1NC1NC2CNC(=O)C2C(NC2CNC(C3COC4C(=O)C=C(N5CCOCC5)SC43)S2)N1. The van der Waals surface area contributed by atoms with Crippen molar-refractivity contribution < 1.29 is 19.1 Å². The molecule has 6 fully saturated rings. The molecule has 222 valence electrons. The van der Waals surface area contributed by atoms with Crippen LogP contribution in [0.4, 0.5) is 0 Å². The number of ketones is 1. The van der Waals surface area contributed by atoms with E-state index in [4.69, 9.17) is 15.2 Å². The fourth-order valence-corrected chi connectivity index (χ4v) is 10.3. The van der Waals surface area contributed by atoms with Crippen LogP contribution < -0.4 is 37.6 Å². The Morgan fingerprint density at radius 2 is 1.93 bits per heavy atom. The minimum Gasteiger partial charge on any atom is -0.378 e. The van der Waals surface area contributed by atoms with Crippen LogP contribution in [0.3, 0.4) is 0 Å². The minimum absolute atomic E-state index is 0.0535. The quantitative estimate of drug-likeness (QED) is 0.186. The second-order valence-corrected chi connectivity index (χ2v) is 14.5. The van der Waals surface area contributed by atoms with Gasteiger partial charge in [0.25, 0.3) is 0 Å². The van der Waals surface area contributed by atoms with Crippen molar-refractivity contribution in [3.63, 3.8) is 0 Å². The summed E-state index contributed by atoms with van der Waals surface area (Å²) in [5, 5.41) is 22.9. The number of ether oxygens (including phenoxy) is 2.